The number of benzene rings is 2. The van der Waals surface area contributed by atoms with Gasteiger partial charge in [0, 0.05) is 23.9 Å². The Balaban J connectivity index is 1.82. The Morgan fingerprint density at radius 2 is 1.67 bits per heavy atom. The van der Waals surface area contributed by atoms with Crippen LogP contribution >= 0.6 is 0 Å². The van der Waals surface area contributed by atoms with Crippen molar-refractivity contribution in [2.24, 2.45) is 0 Å². The molecule has 0 saturated carbocycles. The van der Waals surface area contributed by atoms with Crippen molar-refractivity contribution in [3.8, 4) is 0 Å². The van der Waals surface area contributed by atoms with Crippen LogP contribution in [0.25, 0.3) is 22.2 Å². The number of H-pyrrole nitrogens is 1. The van der Waals surface area contributed by atoms with Gasteiger partial charge in [0.15, 0.2) is 0 Å². The third-order valence-electron chi connectivity index (χ3n) is 5.20. The summed E-state index contributed by atoms with van der Waals surface area (Å²) in [6, 6.07) is 18.9. The number of nitrogens with zero attached hydrogens (tertiary/aromatic N) is 1. The van der Waals surface area contributed by atoms with E-state index < -0.39 is 0 Å². The van der Waals surface area contributed by atoms with E-state index in [0.29, 0.717) is 6.42 Å². The third kappa shape index (κ3) is 1.88. The first-order valence-electron chi connectivity index (χ1n) is 8.52. The normalized spacial score (nSPS) is 17.2. The summed E-state index contributed by atoms with van der Waals surface area (Å²) in [4.78, 5) is 18.1. The molecule has 1 amide bonds. The van der Waals surface area contributed by atoms with Crippen LogP contribution < -0.4 is 0 Å². The molecule has 0 atom stereocenters. The number of aromatic nitrogens is 1. The van der Waals surface area contributed by atoms with Gasteiger partial charge in [-0.05, 0) is 35.6 Å². The van der Waals surface area contributed by atoms with Crippen LogP contribution in [-0.2, 0) is 11.2 Å². The van der Waals surface area contributed by atoms with Gasteiger partial charge < -0.3 is 9.88 Å². The van der Waals surface area contributed by atoms with E-state index >= 15 is 0 Å². The summed E-state index contributed by atoms with van der Waals surface area (Å²) < 4.78 is 0. The van der Waals surface area contributed by atoms with Gasteiger partial charge in [-0.1, -0.05) is 48.5 Å². The molecule has 3 heterocycles. The van der Waals surface area contributed by atoms with E-state index in [2.05, 4.69) is 53.5 Å². The van der Waals surface area contributed by atoms with E-state index in [4.69, 9.17) is 0 Å². The maximum absolute atomic E-state index is 12.5. The first kappa shape index (κ1) is 13.6. The monoisotopic (exact) mass is 314 g/mol. The highest BCUT2D eigenvalue weighted by atomic mass is 16.2. The summed E-state index contributed by atoms with van der Waals surface area (Å²) in [5, 5.41) is 1.28. The van der Waals surface area contributed by atoms with Crippen LogP contribution in [0.5, 0.6) is 0 Å². The molecule has 2 aliphatic rings. The van der Waals surface area contributed by atoms with Gasteiger partial charge in [0.25, 0.3) is 0 Å². The predicted molar refractivity (Wildman–Crippen MR) is 96.2 cm³/mol. The SMILES string of the molecule is O=C1CCC(c2ccccc2)=C2c3[nH]c4ccccc4c3CCN12. The third-order valence-corrected chi connectivity index (χ3v) is 5.20. The molecule has 1 N–H and O–H groups in total. The van der Waals surface area contributed by atoms with Gasteiger partial charge in [0.1, 0.15) is 0 Å². The molecular formula is C21H18N2O. The van der Waals surface area contributed by atoms with Crippen molar-refractivity contribution < 1.29 is 4.79 Å². The maximum atomic E-state index is 12.5. The number of carbonyl (C=O) groups is 1. The smallest absolute Gasteiger partial charge is 0.227 e. The van der Waals surface area contributed by atoms with Crippen molar-refractivity contribution in [2.75, 3.05) is 6.54 Å². The second-order valence-electron chi connectivity index (χ2n) is 6.51. The zero-order valence-electron chi connectivity index (χ0n) is 13.4. The summed E-state index contributed by atoms with van der Waals surface area (Å²) in [6.07, 6.45) is 2.32. The lowest BCUT2D eigenvalue weighted by Gasteiger charge is -2.35. The molecule has 3 nitrogen and oxygen atoms in total. The van der Waals surface area contributed by atoms with Gasteiger partial charge >= 0.3 is 0 Å². The Morgan fingerprint density at radius 3 is 2.54 bits per heavy atom. The van der Waals surface area contributed by atoms with Gasteiger partial charge in [-0.25, -0.2) is 0 Å². The van der Waals surface area contributed by atoms with Gasteiger partial charge in [-0.15, -0.1) is 0 Å². The van der Waals surface area contributed by atoms with E-state index in [1.807, 2.05) is 11.0 Å². The molecule has 5 rings (SSSR count). The van der Waals surface area contributed by atoms with Crippen molar-refractivity contribution in [1.82, 2.24) is 9.88 Å². The highest BCUT2D eigenvalue weighted by Crippen LogP contribution is 2.42. The second kappa shape index (κ2) is 5.10. The molecular weight excluding hydrogens is 296 g/mol. The number of hydrogen-bond donors (Lipinski definition) is 1. The number of para-hydroxylation sites is 1. The van der Waals surface area contributed by atoms with Crippen molar-refractivity contribution in [3.05, 3.63) is 71.4 Å². The number of allylic oxidation sites excluding steroid dienone is 1. The topological polar surface area (TPSA) is 36.1 Å². The fraction of sp³-hybridized carbons (Fsp3) is 0.190. The van der Waals surface area contributed by atoms with Crippen molar-refractivity contribution in [3.63, 3.8) is 0 Å². The molecule has 3 aromatic rings. The minimum Gasteiger partial charge on any atom is -0.353 e. The average Bonchev–Trinajstić information content (AvgIpc) is 3.02. The summed E-state index contributed by atoms with van der Waals surface area (Å²) in [5.41, 5.74) is 7.23. The molecule has 118 valence electrons. The van der Waals surface area contributed by atoms with Crippen LogP contribution in [-0.4, -0.2) is 22.3 Å². The number of aromatic amines is 1. The number of hydrogen-bond acceptors (Lipinski definition) is 1. The van der Waals surface area contributed by atoms with Crippen molar-refractivity contribution in [1.29, 1.82) is 0 Å². The van der Waals surface area contributed by atoms with Crippen LogP contribution in [0.4, 0.5) is 0 Å². The van der Waals surface area contributed by atoms with Crippen molar-refractivity contribution >= 4 is 28.1 Å². The minimum absolute atomic E-state index is 0.244. The number of fused-ring (bicyclic) bond motifs is 5. The van der Waals surface area contributed by atoms with Crippen LogP contribution in [0.1, 0.15) is 29.7 Å². The minimum atomic E-state index is 0.244. The maximum Gasteiger partial charge on any atom is 0.227 e. The molecule has 3 heteroatoms. The highest BCUT2D eigenvalue weighted by Gasteiger charge is 2.34. The van der Waals surface area contributed by atoms with Crippen LogP contribution in [0.2, 0.25) is 0 Å². The molecule has 2 aromatic carbocycles. The Kier molecular flexibility index (Phi) is 2.89. The molecule has 0 bridgehead atoms. The summed E-state index contributed by atoms with van der Waals surface area (Å²) in [7, 11) is 0. The fourth-order valence-electron chi connectivity index (χ4n) is 4.10. The Hall–Kier alpha value is -2.81. The van der Waals surface area contributed by atoms with E-state index in [9.17, 15) is 4.79 Å². The average molecular weight is 314 g/mol. The highest BCUT2D eigenvalue weighted by molar-refractivity contribution is 6.04. The molecule has 0 saturated heterocycles. The molecule has 0 fully saturated rings. The lowest BCUT2D eigenvalue weighted by atomic mass is 9.89. The first-order chi connectivity index (χ1) is 11.8. The Labute approximate surface area is 140 Å². The largest absolute Gasteiger partial charge is 0.353 e. The summed E-state index contributed by atoms with van der Waals surface area (Å²) >= 11 is 0. The van der Waals surface area contributed by atoms with Gasteiger partial charge in [-0.2, -0.15) is 0 Å². The molecule has 0 aliphatic carbocycles. The number of carbonyl (C=O) groups excluding carboxylic acids is 1. The molecule has 1 aromatic heterocycles. The number of nitrogens with one attached hydrogen (secondary N) is 1. The molecule has 24 heavy (non-hydrogen) atoms. The number of amides is 1. The van der Waals surface area contributed by atoms with E-state index in [-0.39, 0.29) is 5.91 Å². The lowest BCUT2D eigenvalue weighted by Crippen LogP contribution is -2.37. The van der Waals surface area contributed by atoms with Crippen LogP contribution in [0.3, 0.4) is 0 Å². The zero-order chi connectivity index (χ0) is 16.1. The quantitative estimate of drug-likeness (QED) is 0.717. The molecule has 2 aliphatic heterocycles. The van der Waals surface area contributed by atoms with Gasteiger partial charge in [-0.3, -0.25) is 4.79 Å². The Bertz CT molecular complexity index is 982. The summed E-state index contributed by atoms with van der Waals surface area (Å²) in [6.45, 7) is 0.777. The van der Waals surface area contributed by atoms with Crippen LogP contribution in [0, 0.1) is 0 Å². The molecule has 0 spiro atoms. The predicted octanol–water partition coefficient (Wildman–Crippen LogP) is 4.21. The molecule has 0 unspecified atom stereocenters. The van der Waals surface area contributed by atoms with E-state index in [0.717, 1.165) is 36.3 Å². The standard InChI is InChI=1S/C21H18N2O/c24-19-11-10-15(14-6-2-1-3-7-14)21-20-17(12-13-23(19)21)16-8-4-5-9-18(16)22-20/h1-9,22H,10-13H2. The van der Waals surface area contributed by atoms with Crippen molar-refractivity contribution in [2.45, 2.75) is 19.3 Å². The van der Waals surface area contributed by atoms with Gasteiger partial charge in [0.2, 0.25) is 5.91 Å². The first-order valence-corrected chi connectivity index (χ1v) is 8.52. The Morgan fingerprint density at radius 1 is 0.875 bits per heavy atom. The van der Waals surface area contributed by atoms with Gasteiger partial charge in [0.05, 0.1) is 11.4 Å². The zero-order valence-corrected chi connectivity index (χ0v) is 13.4. The number of rotatable bonds is 1. The van der Waals surface area contributed by atoms with Crippen LogP contribution in [0.15, 0.2) is 54.6 Å². The fourth-order valence-corrected chi connectivity index (χ4v) is 4.10. The van der Waals surface area contributed by atoms with E-state index in [1.54, 1.807) is 0 Å². The summed E-state index contributed by atoms with van der Waals surface area (Å²) in [5.74, 6) is 0.244. The molecule has 0 radical (unpaired) electrons. The lowest BCUT2D eigenvalue weighted by molar-refractivity contribution is -0.128. The van der Waals surface area contributed by atoms with E-state index in [1.165, 1.54) is 22.1 Å². The second-order valence-corrected chi connectivity index (χ2v) is 6.51.